The van der Waals surface area contributed by atoms with E-state index in [1.54, 1.807) is 13.2 Å². The third-order valence-electron chi connectivity index (χ3n) is 16.2. The highest BCUT2D eigenvalue weighted by Gasteiger charge is 2.81. The molecule has 2 N–H and O–H groups in total. The van der Waals surface area contributed by atoms with Gasteiger partial charge >= 0.3 is 17.9 Å². The van der Waals surface area contributed by atoms with Crippen LogP contribution in [0.4, 0.5) is 0 Å². The Kier molecular flexibility index (Phi) is 11.3. The zero-order valence-corrected chi connectivity index (χ0v) is 38.6. The number of aliphatic hydroxyl groups is 1. The summed E-state index contributed by atoms with van der Waals surface area (Å²) < 4.78 is 24.2. The number of nitrogens with zero attached hydrogens (tertiary/aromatic N) is 3. The second kappa shape index (κ2) is 16.3. The number of hydrogen-bond donors (Lipinski definition) is 2. The van der Waals surface area contributed by atoms with Crippen LogP contribution < -0.4 is 0 Å². The van der Waals surface area contributed by atoms with E-state index in [9.17, 15) is 19.5 Å². The van der Waals surface area contributed by atoms with Gasteiger partial charge in [0.25, 0.3) is 0 Å². The summed E-state index contributed by atoms with van der Waals surface area (Å²) in [6.07, 6.45) is 16.1. The molecule has 6 heterocycles. The molecule has 0 radical (unpaired) electrons. The number of methoxy groups -OCH3 is 3. The summed E-state index contributed by atoms with van der Waals surface area (Å²) in [5.41, 5.74) is 1.16. The minimum absolute atomic E-state index is 0.00524. The van der Waals surface area contributed by atoms with Crippen molar-refractivity contribution in [1.29, 1.82) is 0 Å². The molecule has 3 fully saturated rings. The van der Waals surface area contributed by atoms with E-state index in [1.165, 1.54) is 26.7 Å². The van der Waals surface area contributed by atoms with E-state index in [0.717, 1.165) is 64.9 Å². The van der Waals surface area contributed by atoms with Crippen molar-refractivity contribution in [2.45, 2.75) is 108 Å². The lowest BCUT2D eigenvalue weighted by Crippen LogP contribution is -2.79. The summed E-state index contributed by atoms with van der Waals surface area (Å²) in [6, 6.07) is 4.96. The first-order valence-corrected chi connectivity index (χ1v) is 23.2. The molecule has 0 amide bonds. The predicted octanol–water partition coefficient (Wildman–Crippen LogP) is 5.78. The molecule has 3 unspecified atom stereocenters. The van der Waals surface area contributed by atoms with Crippen LogP contribution in [-0.4, -0.2) is 133 Å². The molecule has 64 heavy (non-hydrogen) atoms. The number of allylic oxidation sites excluding steroid dienone is 2. The number of aromatic amines is 1. The normalized spacial score (nSPS) is 36.2. The van der Waals surface area contributed by atoms with Gasteiger partial charge in [0.05, 0.1) is 26.4 Å². The van der Waals surface area contributed by atoms with Gasteiger partial charge in [-0.3, -0.25) is 24.2 Å². The number of ketones is 1. The molecule has 9 rings (SSSR count). The average molecular weight is 877 g/mol. The summed E-state index contributed by atoms with van der Waals surface area (Å²) in [7, 11) is 6.28. The van der Waals surface area contributed by atoms with E-state index in [0.29, 0.717) is 45.3 Å². The van der Waals surface area contributed by atoms with Gasteiger partial charge in [-0.2, -0.15) is 0 Å². The molecule has 2 aliphatic carbocycles. The van der Waals surface area contributed by atoms with Gasteiger partial charge < -0.3 is 33.9 Å². The molecule has 2 bridgehead atoms. The van der Waals surface area contributed by atoms with Crippen LogP contribution in [0.5, 0.6) is 0 Å². The van der Waals surface area contributed by atoms with E-state index in [-0.39, 0.29) is 23.7 Å². The summed E-state index contributed by atoms with van der Waals surface area (Å²) in [5, 5.41) is 14.4. The van der Waals surface area contributed by atoms with Crippen LogP contribution in [0.25, 0.3) is 17.0 Å². The number of fused-ring (bicyclic) bond motifs is 6. The predicted molar refractivity (Wildman–Crippen MR) is 241 cm³/mol. The number of aromatic nitrogens is 1. The number of H-pyrrole nitrogens is 1. The largest absolute Gasteiger partial charge is 0.468 e. The standard InChI is InChI=1S/C51H64N4O9/c1-9-13-34(57)16-14-32-15-17-39-35(23-32)36-29-54-27-31(10-2)22-33(28-54)26-50(42(36)52-39,46(58)62-7)38-24-37-40(25-41(38)61-6)53(5)44-49(37)19-21-55-20-12-18-48(11-3,43(49)55)45(64-30(4)56)51(44,60)47(59)63-8/h12,14-18,22-25,33,38,41,43-45,52,60H,9-11,13,19-21,26-29H2,1-8H3/b16-14+/t33-,38?,41?,43+,44-,45-,48-,49-,50+,51+/m1/s1. The van der Waals surface area contributed by atoms with Gasteiger partial charge in [0, 0.05) is 98.8 Å². The van der Waals surface area contributed by atoms with Crippen molar-refractivity contribution in [3.63, 3.8) is 0 Å². The molecule has 7 aliphatic rings. The SMILES string of the molecule is CCCC(=O)/C=C/c1ccc2[nH]c3c(c2c1)CN1CC(CC)=C[C@@H](C1)C[C@]3(C(=O)OC)C1C=C2C(=CC1OC)N(C)[C@H]1[C@@](O)(C(=O)OC)[C@H](OC(C)=O)[C@]3(CC)C=CCN4CC[C@]21[C@@H]43. The van der Waals surface area contributed by atoms with Crippen LogP contribution in [0.15, 0.2) is 71.5 Å². The highest BCUT2D eigenvalue weighted by Crippen LogP contribution is 2.70. The summed E-state index contributed by atoms with van der Waals surface area (Å²) in [5.74, 6) is -2.37. The smallest absolute Gasteiger partial charge is 0.344 e. The molecule has 13 nitrogen and oxygen atoms in total. The zero-order valence-electron chi connectivity index (χ0n) is 38.6. The Labute approximate surface area is 376 Å². The molecule has 2 saturated heterocycles. The molecule has 1 spiro atoms. The average Bonchev–Trinajstić information content (AvgIpc) is 3.94. The number of hydrogen-bond acceptors (Lipinski definition) is 12. The molecular formula is C51H64N4O9. The van der Waals surface area contributed by atoms with Crippen molar-refractivity contribution in [2.75, 3.05) is 54.6 Å². The molecule has 1 saturated carbocycles. The van der Waals surface area contributed by atoms with Crippen molar-refractivity contribution in [3.8, 4) is 0 Å². The number of esters is 3. The number of carbonyl (C=O) groups excluding carboxylic acids is 4. The van der Waals surface area contributed by atoms with Gasteiger partial charge in [0.2, 0.25) is 5.60 Å². The number of ether oxygens (including phenoxy) is 4. The Bertz CT molecular complexity index is 2430. The van der Waals surface area contributed by atoms with Gasteiger partial charge in [0.1, 0.15) is 5.41 Å². The van der Waals surface area contributed by atoms with Crippen molar-refractivity contribution in [1.82, 2.24) is 19.7 Å². The Hall–Kier alpha value is -4.82. The monoisotopic (exact) mass is 876 g/mol. The van der Waals surface area contributed by atoms with E-state index >= 15 is 4.79 Å². The van der Waals surface area contributed by atoms with Crippen LogP contribution >= 0.6 is 0 Å². The van der Waals surface area contributed by atoms with Crippen molar-refractivity contribution in [3.05, 3.63) is 88.3 Å². The molecule has 1 aromatic carbocycles. The minimum Gasteiger partial charge on any atom is -0.468 e. The lowest BCUT2D eigenvalue weighted by atomic mass is 9.47. The van der Waals surface area contributed by atoms with Crippen LogP contribution in [0.3, 0.4) is 0 Å². The van der Waals surface area contributed by atoms with E-state index in [1.807, 2.05) is 44.0 Å². The van der Waals surface area contributed by atoms with Gasteiger partial charge in [-0.25, -0.2) is 4.79 Å². The van der Waals surface area contributed by atoms with Gasteiger partial charge in [-0.05, 0) is 85.6 Å². The van der Waals surface area contributed by atoms with E-state index < -0.39 is 58.0 Å². The fourth-order valence-electron chi connectivity index (χ4n) is 14.0. The first kappa shape index (κ1) is 44.4. The lowest BCUT2D eigenvalue weighted by Gasteiger charge is -2.63. The third-order valence-corrected chi connectivity index (χ3v) is 16.2. The topological polar surface area (TPSA) is 151 Å². The molecule has 1 aromatic heterocycles. The lowest BCUT2D eigenvalue weighted by molar-refractivity contribution is -0.243. The zero-order chi connectivity index (χ0) is 45.5. The fraction of sp³-hybridized carbons (Fsp3) is 0.569. The van der Waals surface area contributed by atoms with Crippen molar-refractivity contribution in [2.24, 2.45) is 22.7 Å². The highest BCUT2D eigenvalue weighted by molar-refractivity contribution is 5.96. The second-order valence-corrected chi connectivity index (χ2v) is 19.3. The van der Waals surface area contributed by atoms with Crippen molar-refractivity contribution >= 4 is 40.7 Å². The van der Waals surface area contributed by atoms with Gasteiger partial charge in [-0.1, -0.05) is 62.8 Å². The van der Waals surface area contributed by atoms with Crippen LogP contribution in [0.1, 0.15) is 83.0 Å². The van der Waals surface area contributed by atoms with Gasteiger partial charge in [-0.15, -0.1) is 0 Å². The Morgan fingerprint density at radius 1 is 1.00 bits per heavy atom. The number of nitrogens with one attached hydrogen (secondary N) is 1. The Morgan fingerprint density at radius 3 is 2.47 bits per heavy atom. The summed E-state index contributed by atoms with van der Waals surface area (Å²) in [4.78, 5) is 66.3. The van der Waals surface area contributed by atoms with Crippen molar-refractivity contribution < 1.29 is 43.2 Å². The number of likely N-dealkylation sites (N-methyl/N-ethyl adjacent to an activating group) is 1. The number of rotatable bonds is 11. The quantitative estimate of drug-likeness (QED) is 0.122. The molecule has 342 valence electrons. The molecule has 2 aromatic rings. The maximum absolute atomic E-state index is 15.5. The molecule has 5 aliphatic heterocycles. The van der Waals surface area contributed by atoms with Crippen LogP contribution in [-0.2, 0) is 50.1 Å². The molecule has 13 heteroatoms. The minimum atomic E-state index is -2.29. The number of likely N-dealkylation sites (tertiary alicyclic amines) is 1. The van der Waals surface area contributed by atoms with E-state index in [4.69, 9.17) is 18.9 Å². The van der Waals surface area contributed by atoms with E-state index in [2.05, 4.69) is 58.2 Å². The summed E-state index contributed by atoms with van der Waals surface area (Å²) >= 11 is 0. The first-order valence-electron chi connectivity index (χ1n) is 23.2. The maximum atomic E-state index is 15.5. The van der Waals surface area contributed by atoms with Crippen LogP contribution in [0.2, 0.25) is 0 Å². The number of carbonyl (C=O) groups is 4. The first-order chi connectivity index (χ1) is 30.7. The number of benzene rings is 1. The Balaban J connectivity index is 1.31. The molecule has 11 atom stereocenters. The third kappa shape index (κ3) is 6.16. The second-order valence-electron chi connectivity index (χ2n) is 19.3. The van der Waals surface area contributed by atoms with Gasteiger partial charge in [0.15, 0.2) is 11.9 Å². The Morgan fingerprint density at radius 2 is 1.78 bits per heavy atom. The van der Waals surface area contributed by atoms with Crippen LogP contribution in [0, 0.1) is 22.7 Å². The molecular weight excluding hydrogens is 813 g/mol. The highest BCUT2D eigenvalue weighted by atomic mass is 16.6. The maximum Gasteiger partial charge on any atom is 0.344 e. The fourth-order valence-corrected chi connectivity index (χ4v) is 14.0. The summed E-state index contributed by atoms with van der Waals surface area (Å²) in [6.45, 7) is 11.0.